The summed E-state index contributed by atoms with van der Waals surface area (Å²) in [6.07, 6.45) is -4.55. The third kappa shape index (κ3) is 2.13. The molecule has 1 amide bonds. The molecule has 0 saturated heterocycles. The minimum atomic E-state index is -4.41. The van der Waals surface area contributed by atoms with E-state index in [0.29, 0.717) is 0 Å². The van der Waals surface area contributed by atoms with Gasteiger partial charge in [-0.1, -0.05) is 0 Å². The number of nitrogens with two attached hydrogens (primary N) is 1. The van der Waals surface area contributed by atoms with Gasteiger partial charge in [-0.3, -0.25) is 10.2 Å². The van der Waals surface area contributed by atoms with Crippen LogP contribution in [-0.2, 0) is 0 Å². The second kappa shape index (κ2) is 4.16. The van der Waals surface area contributed by atoms with E-state index in [-0.39, 0.29) is 24.0 Å². The number of hydrogen-bond donors (Lipinski definition) is 3. The van der Waals surface area contributed by atoms with Gasteiger partial charge in [0.15, 0.2) is 11.7 Å². The normalized spacial score (nSPS) is 23.2. The fraction of sp³-hybridized carbons (Fsp3) is 0.556. The smallest absolute Gasteiger partial charge is 0.368 e. The Kier molecular flexibility index (Phi) is 2.93. The van der Waals surface area contributed by atoms with E-state index < -0.39 is 18.1 Å². The zero-order valence-electron chi connectivity index (χ0n) is 9.45. The maximum Gasteiger partial charge on any atom is 0.410 e. The van der Waals surface area contributed by atoms with Crippen molar-refractivity contribution in [1.29, 1.82) is 0 Å². The van der Waals surface area contributed by atoms with Crippen LogP contribution in [0.4, 0.5) is 19.0 Å². The average Bonchev–Trinajstić information content (AvgIpc) is 2.68. The molecule has 0 fully saturated rings. The summed E-state index contributed by atoms with van der Waals surface area (Å²) in [6.45, 7) is 1.64. The minimum Gasteiger partial charge on any atom is -0.368 e. The van der Waals surface area contributed by atoms with E-state index in [1.54, 1.807) is 6.92 Å². The van der Waals surface area contributed by atoms with Gasteiger partial charge >= 0.3 is 6.18 Å². The van der Waals surface area contributed by atoms with Crippen molar-refractivity contribution in [2.24, 2.45) is 5.84 Å². The van der Waals surface area contributed by atoms with Gasteiger partial charge in [-0.25, -0.2) is 10.5 Å². The highest BCUT2D eigenvalue weighted by atomic mass is 19.4. The lowest BCUT2D eigenvalue weighted by Gasteiger charge is -2.31. The van der Waals surface area contributed by atoms with Crippen molar-refractivity contribution < 1.29 is 18.0 Å². The standard InChI is InChI=1S/C9H12F3N5O/c1-4-2-6(9(10,11)12)17-7(14-4)3-5(16-17)8(18)15-13/h3-4,6,14H,2,13H2,1H3,(H,15,18)/t4-,6+/m1/s1. The first-order valence-electron chi connectivity index (χ1n) is 5.26. The van der Waals surface area contributed by atoms with Gasteiger partial charge in [0, 0.05) is 12.1 Å². The first kappa shape index (κ1) is 12.7. The molecule has 2 atom stereocenters. The summed E-state index contributed by atoms with van der Waals surface area (Å²) < 4.78 is 39.4. The van der Waals surface area contributed by atoms with Crippen LogP contribution in [0.5, 0.6) is 0 Å². The van der Waals surface area contributed by atoms with Crippen LogP contribution in [0.3, 0.4) is 0 Å². The summed E-state index contributed by atoms with van der Waals surface area (Å²) >= 11 is 0. The monoisotopic (exact) mass is 263 g/mol. The highest BCUT2D eigenvalue weighted by Crippen LogP contribution is 2.39. The number of nitrogen functional groups attached to an aromatic ring is 1. The van der Waals surface area contributed by atoms with E-state index in [1.165, 1.54) is 6.07 Å². The first-order chi connectivity index (χ1) is 8.32. The number of hydrogen-bond acceptors (Lipinski definition) is 4. The molecule has 0 aromatic carbocycles. The Labute approximate surface area is 100 Å². The molecule has 0 spiro atoms. The van der Waals surface area contributed by atoms with Crippen LogP contribution >= 0.6 is 0 Å². The molecule has 0 aliphatic carbocycles. The number of carbonyl (C=O) groups is 1. The van der Waals surface area contributed by atoms with Crippen molar-refractivity contribution in [3.05, 3.63) is 11.8 Å². The van der Waals surface area contributed by atoms with Crippen molar-refractivity contribution >= 4 is 11.7 Å². The van der Waals surface area contributed by atoms with E-state index in [1.807, 2.05) is 5.43 Å². The Morgan fingerprint density at radius 2 is 2.33 bits per heavy atom. The van der Waals surface area contributed by atoms with Gasteiger partial charge in [0.1, 0.15) is 5.82 Å². The fourth-order valence-corrected chi connectivity index (χ4v) is 1.94. The number of alkyl halides is 3. The molecular formula is C9H12F3N5O. The van der Waals surface area contributed by atoms with E-state index >= 15 is 0 Å². The summed E-state index contributed by atoms with van der Waals surface area (Å²) in [6, 6.07) is -0.839. The van der Waals surface area contributed by atoms with Gasteiger partial charge in [0.05, 0.1) is 0 Å². The number of rotatable bonds is 1. The van der Waals surface area contributed by atoms with Crippen LogP contribution in [0.25, 0.3) is 0 Å². The lowest BCUT2D eigenvalue weighted by molar-refractivity contribution is -0.173. The van der Waals surface area contributed by atoms with Crippen LogP contribution in [-0.4, -0.2) is 27.9 Å². The summed E-state index contributed by atoms with van der Waals surface area (Å²) in [4.78, 5) is 11.2. The number of nitrogens with zero attached hydrogens (tertiary/aromatic N) is 2. The molecular weight excluding hydrogens is 251 g/mol. The van der Waals surface area contributed by atoms with Crippen molar-refractivity contribution in [1.82, 2.24) is 15.2 Å². The number of nitrogens with one attached hydrogen (secondary N) is 2. The molecule has 1 aliphatic heterocycles. The lowest BCUT2D eigenvalue weighted by Crippen LogP contribution is -2.38. The zero-order chi connectivity index (χ0) is 13.5. The second-order valence-electron chi connectivity index (χ2n) is 4.17. The van der Waals surface area contributed by atoms with Gasteiger partial charge in [0.25, 0.3) is 5.91 Å². The first-order valence-corrected chi connectivity index (χ1v) is 5.26. The van der Waals surface area contributed by atoms with E-state index in [4.69, 9.17) is 5.84 Å². The number of anilines is 1. The molecule has 0 saturated carbocycles. The molecule has 0 radical (unpaired) electrons. The van der Waals surface area contributed by atoms with Gasteiger partial charge in [-0.15, -0.1) is 0 Å². The van der Waals surface area contributed by atoms with E-state index in [9.17, 15) is 18.0 Å². The van der Waals surface area contributed by atoms with Crippen LogP contribution in [0.15, 0.2) is 6.07 Å². The summed E-state index contributed by atoms with van der Waals surface area (Å²) in [5.74, 6) is 4.35. The highest BCUT2D eigenvalue weighted by Gasteiger charge is 2.45. The van der Waals surface area contributed by atoms with Crippen molar-refractivity contribution in [2.45, 2.75) is 31.6 Å². The van der Waals surface area contributed by atoms with Gasteiger partial charge in [-0.2, -0.15) is 18.3 Å². The van der Waals surface area contributed by atoms with Gasteiger partial charge in [-0.05, 0) is 13.3 Å². The fourth-order valence-electron chi connectivity index (χ4n) is 1.94. The molecule has 0 bridgehead atoms. The van der Waals surface area contributed by atoms with Crippen LogP contribution < -0.4 is 16.6 Å². The van der Waals surface area contributed by atoms with E-state index in [0.717, 1.165) is 4.68 Å². The minimum absolute atomic E-state index is 0.137. The van der Waals surface area contributed by atoms with Crippen LogP contribution in [0.1, 0.15) is 29.9 Å². The molecule has 6 nitrogen and oxygen atoms in total. The Morgan fingerprint density at radius 3 is 2.89 bits per heavy atom. The largest absolute Gasteiger partial charge is 0.410 e. The molecule has 1 aromatic heterocycles. The van der Waals surface area contributed by atoms with Crippen molar-refractivity contribution in [2.75, 3.05) is 5.32 Å². The summed E-state index contributed by atoms with van der Waals surface area (Å²) in [5, 5.41) is 6.49. The Hall–Kier alpha value is -1.77. The third-order valence-corrected chi connectivity index (χ3v) is 2.74. The Bertz CT molecular complexity index is 469. The number of aromatic nitrogens is 2. The second-order valence-corrected chi connectivity index (χ2v) is 4.17. The van der Waals surface area contributed by atoms with Gasteiger partial charge in [0.2, 0.25) is 0 Å². The predicted octanol–water partition coefficient (Wildman–Crippen LogP) is 0.794. The van der Waals surface area contributed by atoms with Crippen molar-refractivity contribution in [3.8, 4) is 0 Å². The van der Waals surface area contributed by atoms with Crippen LogP contribution in [0, 0.1) is 0 Å². The Balaban J connectivity index is 2.42. The Morgan fingerprint density at radius 1 is 1.67 bits per heavy atom. The molecule has 100 valence electrons. The number of amides is 1. The molecule has 2 heterocycles. The van der Waals surface area contributed by atoms with Crippen LogP contribution in [0.2, 0.25) is 0 Å². The summed E-state index contributed by atoms with van der Waals surface area (Å²) in [7, 11) is 0. The zero-order valence-corrected chi connectivity index (χ0v) is 9.45. The van der Waals surface area contributed by atoms with Crippen molar-refractivity contribution in [3.63, 3.8) is 0 Å². The number of hydrazine groups is 1. The molecule has 0 unspecified atom stereocenters. The molecule has 1 aromatic rings. The molecule has 4 N–H and O–H groups in total. The third-order valence-electron chi connectivity index (χ3n) is 2.74. The maximum absolute atomic E-state index is 12.9. The number of halogens is 3. The molecule has 9 heteroatoms. The molecule has 2 rings (SSSR count). The summed E-state index contributed by atoms with van der Waals surface area (Å²) in [5.41, 5.74) is 1.68. The topological polar surface area (TPSA) is 85.0 Å². The highest BCUT2D eigenvalue weighted by molar-refractivity contribution is 5.92. The van der Waals surface area contributed by atoms with E-state index in [2.05, 4.69) is 10.4 Å². The predicted molar refractivity (Wildman–Crippen MR) is 56.7 cm³/mol. The molecule has 18 heavy (non-hydrogen) atoms. The number of fused-ring (bicyclic) bond motifs is 1. The lowest BCUT2D eigenvalue weighted by atomic mass is 10.1. The SMILES string of the molecule is C[C@@H]1C[C@@H](C(F)(F)F)n2nc(C(=O)NN)cc2N1. The molecule has 1 aliphatic rings. The number of carbonyl (C=O) groups excluding carboxylic acids is 1. The average molecular weight is 263 g/mol. The maximum atomic E-state index is 12.9. The van der Waals surface area contributed by atoms with Gasteiger partial charge < -0.3 is 5.32 Å². The quantitative estimate of drug-likeness (QED) is 0.397.